The molecule has 1 saturated carbocycles. The van der Waals surface area contributed by atoms with Gasteiger partial charge in [0.25, 0.3) is 0 Å². The van der Waals surface area contributed by atoms with Crippen molar-refractivity contribution in [1.82, 2.24) is 4.90 Å². The molecule has 2 nitrogen and oxygen atoms in total. The highest BCUT2D eigenvalue weighted by Crippen LogP contribution is 2.37. The Kier molecular flexibility index (Phi) is 3.87. The summed E-state index contributed by atoms with van der Waals surface area (Å²) in [6, 6.07) is 4.54. The summed E-state index contributed by atoms with van der Waals surface area (Å²) in [6.07, 6.45) is 3.68. The van der Waals surface area contributed by atoms with Crippen LogP contribution in [0.25, 0.3) is 0 Å². The summed E-state index contributed by atoms with van der Waals surface area (Å²) in [4.78, 5) is 14.6. The van der Waals surface area contributed by atoms with Gasteiger partial charge in [-0.3, -0.25) is 9.69 Å². The van der Waals surface area contributed by atoms with E-state index in [0.717, 1.165) is 30.2 Å². The van der Waals surface area contributed by atoms with Gasteiger partial charge < -0.3 is 0 Å². The highest BCUT2D eigenvalue weighted by Gasteiger charge is 2.44. The Morgan fingerprint density at radius 3 is 2.50 bits per heavy atom. The Bertz CT molecular complexity index is 467. The van der Waals surface area contributed by atoms with Crippen LogP contribution in [0.15, 0.2) is 22.7 Å². The molecule has 0 atom stereocenters. The lowest BCUT2D eigenvalue weighted by Gasteiger charge is -2.34. The smallest absolute Gasteiger partial charge is 0.186 e. The molecule has 0 aliphatic heterocycles. The molecule has 0 bridgehead atoms. The standard InChI is InChI=1S/C14H17BrFNO/c1-17(2)14(7-3-4-8-14)13(18)11-9-10(15)5-6-12(11)16/h5-6,9H,3-4,7-8H2,1-2H3. The van der Waals surface area contributed by atoms with Crippen LogP contribution in [0.2, 0.25) is 0 Å². The van der Waals surface area contributed by atoms with E-state index in [1.807, 2.05) is 19.0 Å². The fraction of sp³-hybridized carbons (Fsp3) is 0.500. The lowest BCUT2D eigenvalue weighted by Crippen LogP contribution is -2.49. The van der Waals surface area contributed by atoms with Crippen molar-refractivity contribution in [2.24, 2.45) is 0 Å². The summed E-state index contributed by atoms with van der Waals surface area (Å²) in [5, 5.41) is 0. The molecule has 0 heterocycles. The number of likely N-dealkylation sites (N-methyl/N-ethyl adjacent to an activating group) is 1. The molecule has 1 aliphatic carbocycles. The highest BCUT2D eigenvalue weighted by molar-refractivity contribution is 9.10. The minimum atomic E-state index is -0.526. The van der Waals surface area contributed by atoms with Gasteiger partial charge in [0.2, 0.25) is 0 Å². The van der Waals surface area contributed by atoms with Crippen LogP contribution in [-0.4, -0.2) is 30.3 Å². The molecular formula is C14H17BrFNO. The summed E-state index contributed by atoms with van der Waals surface area (Å²) in [7, 11) is 3.80. The molecule has 18 heavy (non-hydrogen) atoms. The van der Waals surface area contributed by atoms with Crippen molar-refractivity contribution in [3.63, 3.8) is 0 Å². The number of hydrogen-bond donors (Lipinski definition) is 0. The van der Waals surface area contributed by atoms with Crippen LogP contribution in [0.3, 0.4) is 0 Å². The van der Waals surface area contributed by atoms with Crippen LogP contribution in [0.1, 0.15) is 36.0 Å². The second kappa shape index (κ2) is 5.10. The molecule has 0 unspecified atom stereocenters. The third-order valence-electron chi connectivity index (χ3n) is 3.88. The second-order valence-electron chi connectivity index (χ2n) is 5.09. The average molecular weight is 314 g/mol. The first-order chi connectivity index (χ1) is 8.47. The van der Waals surface area contributed by atoms with Gasteiger partial charge in [0.05, 0.1) is 11.1 Å². The molecule has 0 aromatic heterocycles. The van der Waals surface area contributed by atoms with Crippen molar-refractivity contribution in [3.8, 4) is 0 Å². The third-order valence-corrected chi connectivity index (χ3v) is 4.38. The molecule has 1 aliphatic rings. The first kappa shape index (κ1) is 13.7. The van der Waals surface area contributed by atoms with Gasteiger partial charge in [-0.05, 0) is 45.1 Å². The summed E-state index contributed by atoms with van der Waals surface area (Å²) in [6.45, 7) is 0. The van der Waals surface area contributed by atoms with Crippen LogP contribution in [0.4, 0.5) is 4.39 Å². The van der Waals surface area contributed by atoms with Crippen molar-refractivity contribution in [2.45, 2.75) is 31.2 Å². The minimum absolute atomic E-state index is 0.0937. The molecule has 0 spiro atoms. The maximum atomic E-state index is 13.8. The Balaban J connectivity index is 2.43. The molecule has 1 aromatic carbocycles. The van der Waals surface area contributed by atoms with Crippen molar-refractivity contribution < 1.29 is 9.18 Å². The van der Waals surface area contributed by atoms with E-state index in [2.05, 4.69) is 15.9 Å². The van der Waals surface area contributed by atoms with Gasteiger partial charge >= 0.3 is 0 Å². The Morgan fingerprint density at radius 1 is 1.33 bits per heavy atom. The topological polar surface area (TPSA) is 20.3 Å². The molecule has 1 fully saturated rings. The quantitative estimate of drug-likeness (QED) is 0.794. The zero-order chi connectivity index (χ0) is 13.3. The molecular weight excluding hydrogens is 297 g/mol. The number of halogens is 2. The van der Waals surface area contributed by atoms with Gasteiger partial charge in [-0.1, -0.05) is 28.8 Å². The van der Waals surface area contributed by atoms with E-state index in [-0.39, 0.29) is 11.3 Å². The zero-order valence-corrected chi connectivity index (χ0v) is 12.3. The number of benzene rings is 1. The van der Waals surface area contributed by atoms with E-state index in [0.29, 0.717) is 0 Å². The summed E-state index contributed by atoms with van der Waals surface area (Å²) >= 11 is 3.30. The first-order valence-corrected chi connectivity index (χ1v) is 6.94. The van der Waals surface area contributed by atoms with E-state index < -0.39 is 11.4 Å². The molecule has 0 N–H and O–H groups in total. The van der Waals surface area contributed by atoms with E-state index in [1.165, 1.54) is 6.07 Å². The van der Waals surface area contributed by atoms with E-state index in [1.54, 1.807) is 12.1 Å². The number of Topliss-reactive ketones (excluding diaryl/α,β-unsaturated/α-hetero) is 1. The molecule has 0 saturated heterocycles. The third kappa shape index (κ3) is 2.24. The molecule has 4 heteroatoms. The summed E-state index contributed by atoms with van der Waals surface area (Å²) in [5.41, 5.74) is -0.332. The summed E-state index contributed by atoms with van der Waals surface area (Å²) in [5.74, 6) is -0.528. The monoisotopic (exact) mass is 313 g/mol. The lowest BCUT2D eigenvalue weighted by atomic mass is 9.86. The number of hydrogen-bond acceptors (Lipinski definition) is 2. The van der Waals surface area contributed by atoms with Gasteiger partial charge in [-0.2, -0.15) is 0 Å². The number of carbonyl (C=O) groups excluding carboxylic acids is 1. The molecule has 98 valence electrons. The van der Waals surface area contributed by atoms with Gasteiger partial charge in [-0.25, -0.2) is 4.39 Å². The lowest BCUT2D eigenvalue weighted by molar-refractivity contribution is 0.0688. The Labute approximate surface area is 115 Å². The fourth-order valence-corrected chi connectivity index (χ4v) is 3.12. The van der Waals surface area contributed by atoms with Crippen molar-refractivity contribution in [1.29, 1.82) is 0 Å². The number of nitrogens with zero attached hydrogens (tertiary/aromatic N) is 1. The Morgan fingerprint density at radius 2 is 1.94 bits per heavy atom. The van der Waals surface area contributed by atoms with Crippen LogP contribution in [-0.2, 0) is 0 Å². The Hall–Kier alpha value is -0.740. The van der Waals surface area contributed by atoms with Gasteiger partial charge in [0.1, 0.15) is 5.82 Å². The van der Waals surface area contributed by atoms with Crippen molar-refractivity contribution >= 4 is 21.7 Å². The summed E-state index contributed by atoms with van der Waals surface area (Å²) < 4.78 is 14.6. The number of carbonyl (C=O) groups is 1. The van der Waals surface area contributed by atoms with E-state index >= 15 is 0 Å². The van der Waals surface area contributed by atoms with Gasteiger partial charge in [0, 0.05) is 4.47 Å². The minimum Gasteiger partial charge on any atom is -0.297 e. The van der Waals surface area contributed by atoms with Crippen LogP contribution in [0, 0.1) is 5.82 Å². The molecule has 0 radical (unpaired) electrons. The molecule has 2 rings (SSSR count). The normalized spacial score (nSPS) is 18.3. The van der Waals surface area contributed by atoms with Crippen LogP contribution in [0.5, 0.6) is 0 Å². The van der Waals surface area contributed by atoms with Crippen LogP contribution < -0.4 is 0 Å². The van der Waals surface area contributed by atoms with Gasteiger partial charge in [-0.15, -0.1) is 0 Å². The maximum absolute atomic E-state index is 13.8. The second-order valence-corrected chi connectivity index (χ2v) is 6.00. The molecule has 1 aromatic rings. The van der Waals surface area contributed by atoms with Crippen molar-refractivity contribution in [3.05, 3.63) is 34.1 Å². The number of ketones is 1. The van der Waals surface area contributed by atoms with E-state index in [4.69, 9.17) is 0 Å². The maximum Gasteiger partial charge on any atom is 0.186 e. The van der Waals surface area contributed by atoms with Crippen molar-refractivity contribution in [2.75, 3.05) is 14.1 Å². The number of rotatable bonds is 3. The zero-order valence-electron chi connectivity index (χ0n) is 10.7. The largest absolute Gasteiger partial charge is 0.297 e. The van der Waals surface area contributed by atoms with Gasteiger partial charge in [0.15, 0.2) is 5.78 Å². The predicted molar refractivity (Wildman–Crippen MR) is 73.3 cm³/mol. The fourth-order valence-electron chi connectivity index (χ4n) is 2.76. The molecule has 0 amide bonds. The predicted octanol–water partition coefficient (Wildman–Crippen LogP) is 3.65. The van der Waals surface area contributed by atoms with Crippen LogP contribution >= 0.6 is 15.9 Å². The van der Waals surface area contributed by atoms with E-state index in [9.17, 15) is 9.18 Å². The SMILES string of the molecule is CN(C)C1(C(=O)c2cc(Br)ccc2F)CCCC1. The average Bonchev–Trinajstić information content (AvgIpc) is 2.82. The highest BCUT2D eigenvalue weighted by atomic mass is 79.9. The first-order valence-electron chi connectivity index (χ1n) is 6.15.